The van der Waals surface area contributed by atoms with Crippen molar-refractivity contribution in [3.05, 3.63) is 47.7 Å². The summed E-state index contributed by atoms with van der Waals surface area (Å²) >= 11 is 0. The first kappa shape index (κ1) is 14.0. The SMILES string of the molecule is CC/C(=C\O[Si](C)(C)C)C(C)c1ccccc1. The van der Waals surface area contributed by atoms with Crippen molar-refractivity contribution in [1.29, 1.82) is 0 Å². The highest BCUT2D eigenvalue weighted by Crippen LogP contribution is 2.26. The van der Waals surface area contributed by atoms with Crippen LogP contribution in [0.2, 0.25) is 19.6 Å². The van der Waals surface area contributed by atoms with Crippen LogP contribution in [0.15, 0.2) is 42.2 Å². The summed E-state index contributed by atoms with van der Waals surface area (Å²) in [7, 11) is -1.46. The molecule has 0 saturated heterocycles. The van der Waals surface area contributed by atoms with Gasteiger partial charge >= 0.3 is 0 Å². The molecular weight excluding hydrogens is 224 g/mol. The molecule has 0 N–H and O–H groups in total. The molecule has 0 aromatic heterocycles. The summed E-state index contributed by atoms with van der Waals surface area (Å²) in [6.45, 7) is 11.1. The predicted octanol–water partition coefficient (Wildman–Crippen LogP) is 4.94. The lowest BCUT2D eigenvalue weighted by Gasteiger charge is -2.20. The van der Waals surface area contributed by atoms with Crippen LogP contribution in [0.1, 0.15) is 31.7 Å². The van der Waals surface area contributed by atoms with Crippen molar-refractivity contribution in [3.8, 4) is 0 Å². The number of allylic oxidation sites excluding steroid dienone is 1. The smallest absolute Gasteiger partial charge is 0.241 e. The second kappa shape index (κ2) is 6.06. The molecule has 2 heteroatoms. The lowest BCUT2D eigenvalue weighted by Crippen LogP contribution is -2.22. The maximum atomic E-state index is 5.90. The van der Waals surface area contributed by atoms with Gasteiger partial charge in [-0.2, -0.15) is 0 Å². The number of rotatable bonds is 5. The minimum Gasteiger partial charge on any atom is -0.550 e. The van der Waals surface area contributed by atoms with E-state index < -0.39 is 8.32 Å². The summed E-state index contributed by atoms with van der Waals surface area (Å²) in [5.74, 6) is 0.442. The molecule has 1 atom stereocenters. The number of hydrogen-bond donors (Lipinski definition) is 0. The van der Waals surface area contributed by atoms with Gasteiger partial charge in [0.25, 0.3) is 0 Å². The van der Waals surface area contributed by atoms with E-state index in [0.29, 0.717) is 5.92 Å². The zero-order valence-corrected chi connectivity index (χ0v) is 12.7. The van der Waals surface area contributed by atoms with Crippen molar-refractivity contribution >= 4 is 8.32 Å². The van der Waals surface area contributed by atoms with Gasteiger partial charge in [0.1, 0.15) is 0 Å². The summed E-state index contributed by atoms with van der Waals surface area (Å²) in [5, 5.41) is 0. The first-order valence-corrected chi connectivity index (χ1v) is 9.76. The fourth-order valence-corrected chi connectivity index (χ4v) is 2.20. The molecule has 0 aliphatic carbocycles. The summed E-state index contributed by atoms with van der Waals surface area (Å²) in [5.41, 5.74) is 2.73. The maximum absolute atomic E-state index is 5.90. The van der Waals surface area contributed by atoms with Crippen molar-refractivity contribution in [2.75, 3.05) is 0 Å². The van der Waals surface area contributed by atoms with Gasteiger partial charge < -0.3 is 4.43 Å². The van der Waals surface area contributed by atoms with Gasteiger partial charge in [-0.15, -0.1) is 0 Å². The Balaban J connectivity index is 2.81. The molecule has 0 saturated carbocycles. The van der Waals surface area contributed by atoms with Crippen molar-refractivity contribution in [1.82, 2.24) is 0 Å². The van der Waals surface area contributed by atoms with Gasteiger partial charge in [0.15, 0.2) is 0 Å². The van der Waals surface area contributed by atoms with Crippen LogP contribution < -0.4 is 0 Å². The lowest BCUT2D eigenvalue weighted by atomic mass is 9.92. The maximum Gasteiger partial charge on any atom is 0.241 e. The predicted molar refractivity (Wildman–Crippen MR) is 77.7 cm³/mol. The van der Waals surface area contributed by atoms with E-state index in [2.05, 4.69) is 63.8 Å². The molecule has 0 fully saturated rings. The van der Waals surface area contributed by atoms with Crippen LogP contribution in [-0.4, -0.2) is 8.32 Å². The second-order valence-corrected chi connectivity index (χ2v) is 9.87. The molecule has 1 nitrogen and oxygen atoms in total. The Morgan fingerprint density at radius 2 is 1.82 bits per heavy atom. The lowest BCUT2D eigenvalue weighted by molar-refractivity contribution is 0.466. The van der Waals surface area contributed by atoms with Gasteiger partial charge in [-0.3, -0.25) is 0 Å². The highest BCUT2D eigenvalue weighted by atomic mass is 28.4. The third-order valence-electron chi connectivity index (χ3n) is 2.83. The third kappa shape index (κ3) is 4.78. The minimum atomic E-state index is -1.46. The standard InChI is InChI=1S/C15H24OSi/c1-6-14(12-16-17(3,4)5)13(2)15-10-8-7-9-11-15/h7-13H,6H2,1-5H3/b14-12+. The van der Waals surface area contributed by atoms with E-state index in [1.807, 2.05) is 6.26 Å². The summed E-state index contributed by atoms with van der Waals surface area (Å²) in [6, 6.07) is 10.6. The van der Waals surface area contributed by atoms with Crippen molar-refractivity contribution in [2.45, 2.75) is 45.8 Å². The van der Waals surface area contributed by atoms with Crippen molar-refractivity contribution in [2.24, 2.45) is 0 Å². The topological polar surface area (TPSA) is 9.23 Å². The van der Waals surface area contributed by atoms with Gasteiger partial charge in [0, 0.05) is 5.92 Å². The van der Waals surface area contributed by atoms with Gasteiger partial charge in [-0.05, 0) is 37.2 Å². The zero-order chi connectivity index (χ0) is 12.9. The molecule has 0 heterocycles. The Bertz CT molecular complexity index is 362. The van der Waals surface area contributed by atoms with Crippen molar-refractivity contribution in [3.63, 3.8) is 0 Å². The summed E-state index contributed by atoms with van der Waals surface area (Å²) < 4.78 is 5.90. The first-order chi connectivity index (χ1) is 7.94. The highest BCUT2D eigenvalue weighted by Gasteiger charge is 2.16. The molecule has 0 amide bonds. The van der Waals surface area contributed by atoms with E-state index in [-0.39, 0.29) is 0 Å². The van der Waals surface area contributed by atoms with E-state index in [0.717, 1.165) is 6.42 Å². The first-order valence-electron chi connectivity index (χ1n) is 6.35. The van der Waals surface area contributed by atoms with Gasteiger partial charge in [0.05, 0.1) is 6.26 Å². The molecule has 1 rings (SSSR count). The second-order valence-electron chi connectivity index (χ2n) is 5.41. The monoisotopic (exact) mass is 248 g/mol. The molecule has 0 radical (unpaired) electrons. The van der Waals surface area contributed by atoms with Crippen LogP contribution in [-0.2, 0) is 4.43 Å². The Hall–Kier alpha value is -1.02. The average molecular weight is 248 g/mol. The Kier molecular flexibility index (Phi) is 5.00. The Labute approximate surface area is 107 Å². The average Bonchev–Trinajstić information content (AvgIpc) is 2.29. The Morgan fingerprint density at radius 1 is 1.24 bits per heavy atom. The molecular formula is C15H24OSi. The zero-order valence-electron chi connectivity index (χ0n) is 11.7. The highest BCUT2D eigenvalue weighted by molar-refractivity contribution is 6.69. The van der Waals surface area contributed by atoms with Crippen LogP contribution in [0, 0.1) is 0 Å². The van der Waals surface area contributed by atoms with Crippen LogP contribution >= 0.6 is 0 Å². The van der Waals surface area contributed by atoms with Crippen LogP contribution in [0.3, 0.4) is 0 Å². The molecule has 1 unspecified atom stereocenters. The number of hydrogen-bond acceptors (Lipinski definition) is 1. The molecule has 1 aromatic carbocycles. The summed E-state index contributed by atoms with van der Waals surface area (Å²) in [6.07, 6.45) is 3.05. The van der Waals surface area contributed by atoms with Crippen LogP contribution in [0.25, 0.3) is 0 Å². The normalized spacial score (nSPS) is 14.5. The number of benzene rings is 1. The molecule has 0 aliphatic heterocycles. The molecule has 0 bridgehead atoms. The van der Waals surface area contributed by atoms with Crippen LogP contribution in [0.5, 0.6) is 0 Å². The van der Waals surface area contributed by atoms with Crippen LogP contribution in [0.4, 0.5) is 0 Å². The molecule has 1 aromatic rings. The van der Waals surface area contributed by atoms with E-state index in [1.54, 1.807) is 0 Å². The quantitative estimate of drug-likeness (QED) is 0.530. The largest absolute Gasteiger partial charge is 0.550 e. The van der Waals surface area contributed by atoms with E-state index in [1.165, 1.54) is 11.1 Å². The van der Waals surface area contributed by atoms with E-state index in [4.69, 9.17) is 4.43 Å². The third-order valence-corrected chi connectivity index (χ3v) is 3.65. The van der Waals surface area contributed by atoms with Crippen molar-refractivity contribution < 1.29 is 4.43 Å². The molecule has 0 aliphatic rings. The minimum absolute atomic E-state index is 0.442. The van der Waals surface area contributed by atoms with Gasteiger partial charge in [-0.1, -0.05) is 44.2 Å². The van der Waals surface area contributed by atoms with E-state index >= 15 is 0 Å². The van der Waals surface area contributed by atoms with Gasteiger partial charge in [0.2, 0.25) is 8.32 Å². The Morgan fingerprint density at radius 3 is 2.29 bits per heavy atom. The molecule has 94 valence electrons. The molecule has 0 spiro atoms. The fraction of sp³-hybridized carbons (Fsp3) is 0.467. The fourth-order valence-electron chi connectivity index (χ4n) is 1.70. The van der Waals surface area contributed by atoms with Gasteiger partial charge in [-0.25, -0.2) is 0 Å². The molecule has 17 heavy (non-hydrogen) atoms. The summed E-state index contributed by atoms with van der Waals surface area (Å²) in [4.78, 5) is 0. The van der Waals surface area contributed by atoms with E-state index in [9.17, 15) is 0 Å².